The molecule has 3 heterocycles. The van der Waals surface area contributed by atoms with E-state index in [2.05, 4.69) is 10.00 Å². The third-order valence-corrected chi connectivity index (χ3v) is 6.37. The fourth-order valence-corrected chi connectivity index (χ4v) is 4.51. The molecule has 4 rings (SSSR count). The van der Waals surface area contributed by atoms with E-state index in [1.165, 1.54) is 5.69 Å². The molecule has 8 heteroatoms. The minimum absolute atomic E-state index is 0.0383. The zero-order valence-electron chi connectivity index (χ0n) is 19.8. The van der Waals surface area contributed by atoms with Gasteiger partial charge in [-0.2, -0.15) is 5.10 Å². The summed E-state index contributed by atoms with van der Waals surface area (Å²) in [5, 5.41) is 8.36. The molecular weight excluding hydrogens is 412 g/mol. The van der Waals surface area contributed by atoms with Crippen LogP contribution in [0.1, 0.15) is 68.5 Å². The molecular formula is C24H35F2N5O. The number of alkyl halides is 2. The van der Waals surface area contributed by atoms with E-state index in [-0.39, 0.29) is 11.5 Å². The first kappa shape index (κ1) is 24.2. The van der Waals surface area contributed by atoms with Crippen LogP contribution in [0.15, 0.2) is 18.2 Å². The molecule has 176 valence electrons. The number of hydrogen-bond acceptors (Lipinski definition) is 4. The van der Waals surface area contributed by atoms with Crippen molar-refractivity contribution in [1.82, 2.24) is 20.0 Å². The van der Waals surface area contributed by atoms with E-state index in [1.807, 2.05) is 36.8 Å². The van der Waals surface area contributed by atoms with Gasteiger partial charge in [0.1, 0.15) is 0 Å². The lowest BCUT2D eigenvalue weighted by molar-refractivity contribution is -0.129. The number of fused-ring (bicyclic) bond motifs is 1. The molecule has 2 aliphatic rings. The third-order valence-electron chi connectivity index (χ3n) is 6.37. The normalized spacial score (nSPS) is 16.4. The quantitative estimate of drug-likeness (QED) is 0.735. The Labute approximate surface area is 189 Å². The number of hydrogen-bond donors (Lipinski definition) is 1. The first-order valence-electron chi connectivity index (χ1n) is 11.6. The number of nitrogens with one attached hydrogen (secondary N) is 1. The second-order valence-corrected chi connectivity index (χ2v) is 8.27. The minimum Gasteiger partial charge on any atom is -0.338 e. The summed E-state index contributed by atoms with van der Waals surface area (Å²) in [7, 11) is 1.86. The van der Waals surface area contributed by atoms with Crippen molar-refractivity contribution in [3.05, 3.63) is 40.6 Å². The van der Waals surface area contributed by atoms with Crippen LogP contribution in [-0.4, -0.2) is 47.3 Å². The predicted molar refractivity (Wildman–Crippen MR) is 124 cm³/mol. The van der Waals surface area contributed by atoms with Crippen LogP contribution in [0.4, 0.5) is 20.3 Å². The molecule has 1 fully saturated rings. The Morgan fingerprint density at radius 2 is 1.94 bits per heavy atom. The minimum atomic E-state index is -2.52. The predicted octanol–water partition coefficient (Wildman–Crippen LogP) is 4.75. The summed E-state index contributed by atoms with van der Waals surface area (Å²) in [5.74, 6) is 0.790. The zero-order chi connectivity index (χ0) is 23.4. The highest BCUT2D eigenvalue weighted by atomic mass is 19.3. The summed E-state index contributed by atoms with van der Waals surface area (Å²) in [6, 6.07) is 5.44. The Balaban J connectivity index is 0.00000141. The fraction of sp³-hybridized carbons (Fsp3) is 0.583. The average molecular weight is 448 g/mol. The lowest BCUT2D eigenvalue weighted by Crippen LogP contribution is -2.36. The molecule has 0 unspecified atom stereocenters. The summed E-state index contributed by atoms with van der Waals surface area (Å²) in [6.45, 7) is 10.4. The SMILES string of the molecule is CC.CC(=O)N1CCc2c(c(N(C)c3ccc(C)c(C(F)F)c3)nn2C2CCNCC2)C1. The van der Waals surface area contributed by atoms with Crippen LogP contribution in [-0.2, 0) is 17.8 Å². The maximum absolute atomic E-state index is 13.4. The van der Waals surface area contributed by atoms with E-state index in [0.717, 1.165) is 43.7 Å². The van der Waals surface area contributed by atoms with Crippen LogP contribution >= 0.6 is 0 Å². The van der Waals surface area contributed by atoms with Crippen LogP contribution < -0.4 is 10.2 Å². The Morgan fingerprint density at radius 3 is 2.56 bits per heavy atom. The molecule has 1 amide bonds. The van der Waals surface area contributed by atoms with Gasteiger partial charge in [0.05, 0.1) is 12.6 Å². The van der Waals surface area contributed by atoms with Crippen LogP contribution in [0.2, 0.25) is 0 Å². The summed E-state index contributed by atoms with van der Waals surface area (Å²) in [6.07, 6.45) is 0.255. The van der Waals surface area contributed by atoms with Crippen molar-refractivity contribution in [1.29, 1.82) is 0 Å². The number of rotatable bonds is 4. The smallest absolute Gasteiger partial charge is 0.264 e. The number of aryl methyl sites for hydroxylation is 1. The van der Waals surface area contributed by atoms with Gasteiger partial charge in [-0.15, -0.1) is 0 Å². The van der Waals surface area contributed by atoms with Gasteiger partial charge in [0.25, 0.3) is 6.43 Å². The monoisotopic (exact) mass is 447 g/mol. The summed E-state index contributed by atoms with van der Waals surface area (Å²) >= 11 is 0. The van der Waals surface area contributed by atoms with E-state index < -0.39 is 6.43 Å². The van der Waals surface area contributed by atoms with Crippen molar-refractivity contribution in [2.75, 3.05) is 31.6 Å². The number of carbonyl (C=O) groups is 1. The molecule has 1 aromatic heterocycles. The van der Waals surface area contributed by atoms with Gasteiger partial charge in [0, 0.05) is 49.4 Å². The summed E-state index contributed by atoms with van der Waals surface area (Å²) in [4.78, 5) is 15.7. The number of halogens is 2. The molecule has 1 saturated heterocycles. The number of benzene rings is 1. The van der Waals surface area contributed by atoms with Crippen molar-refractivity contribution in [2.45, 2.75) is 66.0 Å². The molecule has 2 aliphatic heterocycles. The van der Waals surface area contributed by atoms with Crippen molar-refractivity contribution in [3.8, 4) is 0 Å². The molecule has 1 N–H and O–H groups in total. The van der Waals surface area contributed by atoms with E-state index in [1.54, 1.807) is 26.0 Å². The first-order chi connectivity index (χ1) is 15.4. The molecule has 32 heavy (non-hydrogen) atoms. The van der Waals surface area contributed by atoms with Gasteiger partial charge < -0.3 is 15.1 Å². The number of nitrogens with zero attached hydrogens (tertiary/aromatic N) is 4. The van der Waals surface area contributed by atoms with Gasteiger partial charge in [-0.05, 0) is 50.6 Å². The van der Waals surface area contributed by atoms with Crippen molar-refractivity contribution in [3.63, 3.8) is 0 Å². The van der Waals surface area contributed by atoms with Gasteiger partial charge in [0.2, 0.25) is 5.91 Å². The van der Waals surface area contributed by atoms with Gasteiger partial charge in [-0.1, -0.05) is 19.9 Å². The van der Waals surface area contributed by atoms with Crippen LogP contribution in [0.25, 0.3) is 0 Å². The highest BCUT2D eigenvalue weighted by Gasteiger charge is 2.31. The van der Waals surface area contributed by atoms with Crippen molar-refractivity contribution < 1.29 is 13.6 Å². The zero-order valence-corrected chi connectivity index (χ0v) is 19.8. The van der Waals surface area contributed by atoms with Crippen molar-refractivity contribution >= 4 is 17.4 Å². The van der Waals surface area contributed by atoms with E-state index in [0.29, 0.717) is 30.4 Å². The van der Waals surface area contributed by atoms with E-state index in [9.17, 15) is 13.6 Å². The molecule has 0 aliphatic carbocycles. The lowest BCUT2D eigenvalue weighted by Gasteiger charge is -2.30. The maximum atomic E-state index is 13.4. The standard InChI is InChI=1S/C22H29F2N5O.C2H6/c1-14-4-5-17(12-18(14)21(23)24)27(3)22-19-13-28(15(2)30)11-8-20(19)29(26-22)16-6-9-25-10-7-16;1-2/h4-5,12,16,21,25H,6-11,13H2,1-3H3;1-2H3. The Bertz CT molecular complexity index is 937. The molecule has 6 nitrogen and oxygen atoms in total. The number of carbonyl (C=O) groups excluding carboxylic acids is 1. The number of piperidine rings is 1. The van der Waals surface area contributed by atoms with Gasteiger partial charge >= 0.3 is 0 Å². The van der Waals surface area contributed by atoms with Gasteiger partial charge in [-0.25, -0.2) is 8.78 Å². The number of anilines is 2. The maximum Gasteiger partial charge on any atom is 0.264 e. The molecule has 1 aromatic carbocycles. The molecule has 0 radical (unpaired) electrons. The topological polar surface area (TPSA) is 53.4 Å². The average Bonchev–Trinajstić information content (AvgIpc) is 3.19. The van der Waals surface area contributed by atoms with Crippen LogP contribution in [0.5, 0.6) is 0 Å². The molecule has 0 bridgehead atoms. The van der Waals surface area contributed by atoms with Crippen LogP contribution in [0.3, 0.4) is 0 Å². The molecule has 0 spiro atoms. The Kier molecular flexibility index (Phi) is 7.87. The van der Waals surface area contributed by atoms with E-state index in [4.69, 9.17) is 5.10 Å². The van der Waals surface area contributed by atoms with Gasteiger partial charge in [0.15, 0.2) is 5.82 Å². The largest absolute Gasteiger partial charge is 0.338 e. The molecule has 2 aromatic rings. The third kappa shape index (κ3) is 4.80. The fourth-order valence-electron chi connectivity index (χ4n) is 4.51. The second-order valence-electron chi connectivity index (χ2n) is 8.27. The molecule has 0 atom stereocenters. The first-order valence-corrected chi connectivity index (χ1v) is 11.6. The molecule has 0 saturated carbocycles. The number of aromatic nitrogens is 2. The number of amides is 1. The van der Waals surface area contributed by atoms with Crippen molar-refractivity contribution in [2.24, 2.45) is 0 Å². The highest BCUT2D eigenvalue weighted by molar-refractivity contribution is 5.74. The van der Waals surface area contributed by atoms with E-state index >= 15 is 0 Å². The lowest BCUT2D eigenvalue weighted by atomic mass is 10.0. The second kappa shape index (κ2) is 10.4. The summed E-state index contributed by atoms with van der Waals surface area (Å²) in [5.41, 5.74) is 3.48. The highest BCUT2D eigenvalue weighted by Crippen LogP contribution is 2.36. The Hall–Kier alpha value is -2.48. The van der Waals surface area contributed by atoms with Crippen LogP contribution in [0, 0.1) is 6.92 Å². The Morgan fingerprint density at radius 1 is 1.25 bits per heavy atom. The van der Waals surface area contributed by atoms with Gasteiger partial charge in [-0.3, -0.25) is 9.48 Å². The summed E-state index contributed by atoms with van der Waals surface area (Å²) < 4.78 is 29.0.